The van der Waals surface area contributed by atoms with Crippen molar-refractivity contribution in [3.05, 3.63) is 171 Å². The number of aryl methyl sites for hydroxylation is 1. The highest BCUT2D eigenvalue weighted by atomic mass is 16.3. The normalized spacial score (nSPS) is 23.5. The predicted molar refractivity (Wildman–Crippen MR) is 330 cm³/mol. The second kappa shape index (κ2) is 16.0. The van der Waals surface area contributed by atoms with Crippen molar-refractivity contribution >= 4 is 90.8 Å². The maximum atomic E-state index is 6.75. The van der Waals surface area contributed by atoms with Gasteiger partial charge in [0.25, 0.3) is 6.71 Å². The van der Waals surface area contributed by atoms with Crippen molar-refractivity contribution in [1.82, 2.24) is 0 Å². The van der Waals surface area contributed by atoms with Crippen LogP contribution in [-0.4, -0.2) is 6.71 Å². The Morgan fingerprint density at radius 2 is 1.12 bits per heavy atom. The summed E-state index contributed by atoms with van der Waals surface area (Å²) in [5.74, 6) is 0. The third-order valence-electron chi connectivity index (χ3n) is 21.4. The van der Waals surface area contributed by atoms with Crippen molar-refractivity contribution in [3.63, 3.8) is 0 Å². The molecule has 1 saturated carbocycles. The molecule has 4 aliphatic carbocycles. The molecule has 0 bridgehead atoms. The molecule has 0 N–H and O–H groups in total. The highest BCUT2D eigenvalue weighted by Gasteiger charge is 2.56. The molecule has 0 spiro atoms. The molecular weight excluding hydrogens is 932 g/mol. The Kier molecular flexibility index (Phi) is 10.2. The molecular formula is C73H79BN2O. The van der Waals surface area contributed by atoms with Crippen LogP contribution < -0.4 is 26.2 Å². The average molecular weight is 1010 g/mol. The van der Waals surface area contributed by atoms with Gasteiger partial charge in [0.05, 0.1) is 11.1 Å². The summed E-state index contributed by atoms with van der Waals surface area (Å²) < 4.78 is 6.75. The van der Waals surface area contributed by atoms with Gasteiger partial charge in [0.1, 0.15) is 11.2 Å². The lowest BCUT2D eigenvalue weighted by atomic mass is 9.33. The van der Waals surface area contributed by atoms with Gasteiger partial charge in [-0.1, -0.05) is 176 Å². The molecule has 14 rings (SSSR count). The standard InChI is InChI=1S/C73H79BN2O/c1-44-36-61-66-62(37-44)76(58-21-19-23-64-65(58)49-20-15-16-22-63(49)77-64)59-39-45(38-51-48-27-25-46(67(2,3)4)40-52(48)73(14)31-18-17-30-72(51,73)13)24-29-56(59)74(66)57-42-54-55(71(11,12)35-34-70(54,9)10)43-60(57)75(61)47-26-28-50-53(41-47)69(7,8)33-32-68(50,5)6/h15-16,19-29,36-43H,17-18,30-35H2,1-14H3/b51-38+/t72-,73?/m0/s1. The molecule has 1 fully saturated rings. The zero-order valence-electron chi connectivity index (χ0n) is 48.7. The maximum absolute atomic E-state index is 6.75. The molecule has 4 heteroatoms. The van der Waals surface area contributed by atoms with Crippen LogP contribution in [0, 0.1) is 12.3 Å². The first-order chi connectivity index (χ1) is 36.4. The van der Waals surface area contributed by atoms with Crippen LogP contribution >= 0.6 is 0 Å². The smallest absolute Gasteiger partial charge is 0.252 e. The largest absolute Gasteiger partial charge is 0.456 e. The first kappa shape index (κ1) is 49.1. The molecule has 77 heavy (non-hydrogen) atoms. The zero-order chi connectivity index (χ0) is 53.7. The van der Waals surface area contributed by atoms with Crippen LogP contribution in [0.2, 0.25) is 0 Å². The third kappa shape index (κ3) is 6.88. The first-order valence-electron chi connectivity index (χ1n) is 29.4. The second-order valence-electron chi connectivity index (χ2n) is 29.0. The third-order valence-corrected chi connectivity index (χ3v) is 21.4. The summed E-state index contributed by atoms with van der Waals surface area (Å²) >= 11 is 0. The van der Waals surface area contributed by atoms with Crippen LogP contribution in [0.15, 0.2) is 126 Å². The lowest BCUT2D eigenvalue weighted by Crippen LogP contribution is -2.62. The van der Waals surface area contributed by atoms with E-state index >= 15 is 0 Å². The van der Waals surface area contributed by atoms with Crippen molar-refractivity contribution in [2.75, 3.05) is 9.80 Å². The van der Waals surface area contributed by atoms with Gasteiger partial charge in [-0.15, -0.1) is 0 Å². The number of furan rings is 1. The minimum atomic E-state index is 0.00131. The number of para-hydroxylation sites is 1. The van der Waals surface area contributed by atoms with Crippen molar-refractivity contribution in [1.29, 1.82) is 0 Å². The highest BCUT2D eigenvalue weighted by molar-refractivity contribution is 7.00. The van der Waals surface area contributed by atoms with E-state index in [0.717, 1.165) is 27.6 Å². The molecule has 1 unspecified atom stereocenters. The zero-order valence-corrected chi connectivity index (χ0v) is 48.7. The number of hydrogen-bond acceptors (Lipinski definition) is 3. The summed E-state index contributed by atoms with van der Waals surface area (Å²) in [5, 5.41) is 2.30. The molecule has 1 aromatic heterocycles. The summed E-state index contributed by atoms with van der Waals surface area (Å²) in [6.07, 6.45) is 12.3. The fourth-order valence-corrected chi connectivity index (χ4v) is 16.3. The predicted octanol–water partition coefficient (Wildman–Crippen LogP) is 18.4. The van der Waals surface area contributed by atoms with Gasteiger partial charge in [-0.2, -0.15) is 0 Å². The van der Waals surface area contributed by atoms with Gasteiger partial charge in [0, 0.05) is 44.7 Å². The molecule has 3 nitrogen and oxygen atoms in total. The van der Waals surface area contributed by atoms with Gasteiger partial charge >= 0.3 is 0 Å². The SMILES string of the molecule is Cc1cc2c3c(c1)N(c1cccc4oc5ccccc5c14)c1cc(/C=C4\c5ccc(C(C)(C)C)cc5C5(C)CCCC[C@@]45C)ccc1B3c1cc3c(cc1N2c1ccc2c(c1)C(C)(C)CCC2(C)C)C(C)(C)CCC3(C)C. The van der Waals surface area contributed by atoms with Gasteiger partial charge < -0.3 is 14.2 Å². The van der Waals surface area contributed by atoms with E-state index < -0.39 is 0 Å². The van der Waals surface area contributed by atoms with Crippen molar-refractivity contribution in [2.24, 2.45) is 5.41 Å². The number of fused-ring (bicyclic) bond motifs is 12. The summed E-state index contributed by atoms with van der Waals surface area (Å²) in [5.41, 5.74) is 28.4. The lowest BCUT2D eigenvalue weighted by molar-refractivity contribution is 0.165. The summed E-state index contributed by atoms with van der Waals surface area (Å²) in [6.45, 7) is 34.5. The Balaban J connectivity index is 1.07. The number of rotatable bonds is 3. The van der Waals surface area contributed by atoms with Crippen molar-refractivity contribution in [3.8, 4) is 0 Å². The molecule has 2 atom stereocenters. The van der Waals surface area contributed by atoms with Crippen LogP contribution in [0.1, 0.15) is 191 Å². The van der Waals surface area contributed by atoms with Crippen LogP contribution in [0.25, 0.3) is 33.6 Å². The fourth-order valence-electron chi connectivity index (χ4n) is 16.3. The molecule has 2 aliphatic heterocycles. The van der Waals surface area contributed by atoms with Crippen LogP contribution in [-0.2, 0) is 32.5 Å². The number of allylic oxidation sites excluding steroid dienone is 1. The molecule has 8 aromatic rings. The lowest BCUT2D eigenvalue weighted by Gasteiger charge is -2.48. The van der Waals surface area contributed by atoms with Crippen LogP contribution in [0.4, 0.5) is 34.1 Å². The summed E-state index contributed by atoms with van der Waals surface area (Å²) in [7, 11) is 0. The van der Waals surface area contributed by atoms with E-state index in [2.05, 4.69) is 234 Å². The quantitative estimate of drug-likeness (QED) is 0.164. The second-order valence-corrected chi connectivity index (χ2v) is 29.0. The number of nitrogens with zero attached hydrogens (tertiary/aromatic N) is 2. The Hall–Kier alpha value is -6.26. The van der Waals surface area contributed by atoms with E-state index in [1.165, 1.54) is 146 Å². The van der Waals surface area contributed by atoms with Crippen molar-refractivity contribution < 1.29 is 4.42 Å². The average Bonchev–Trinajstić information content (AvgIpc) is 4.08. The Labute approximate surface area is 460 Å². The van der Waals surface area contributed by atoms with Gasteiger partial charge in [0.2, 0.25) is 0 Å². The Morgan fingerprint density at radius 3 is 1.83 bits per heavy atom. The Bertz CT molecular complexity index is 3890. The number of hydrogen-bond donors (Lipinski definition) is 0. The summed E-state index contributed by atoms with van der Waals surface area (Å²) in [6, 6.07) is 48.4. The Morgan fingerprint density at radius 1 is 0.494 bits per heavy atom. The van der Waals surface area contributed by atoms with Crippen LogP contribution in [0.3, 0.4) is 0 Å². The molecule has 0 radical (unpaired) electrons. The van der Waals surface area contributed by atoms with Crippen molar-refractivity contribution in [2.45, 2.75) is 181 Å². The number of anilines is 6. The molecule has 7 aromatic carbocycles. The monoisotopic (exact) mass is 1010 g/mol. The maximum Gasteiger partial charge on any atom is 0.252 e. The molecule has 3 heterocycles. The molecule has 0 saturated heterocycles. The van der Waals surface area contributed by atoms with Gasteiger partial charge in [0.15, 0.2) is 0 Å². The summed E-state index contributed by atoms with van der Waals surface area (Å²) in [4.78, 5) is 5.36. The molecule has 0 amide bonds. The van der Waals surface area contributed by atoms with Gasteiger partial charge in [-0.25, -0.2) is 0 Å². The number of benzene rings is 7. The van der Waals surface area contributed by atoms with E-state index in [1.54, 1.807) is 5.56 Å². The van der Waals surface area contributed by atoms with E-state index in [4.69, 9.17) is 4.42 Å². The first-order valence-corrected chi connectivity index (χ1v) is 29.4. The molecule has 390 valence electrons. The van der Waals surface area contributed by atoms with E-state index in [1.807, 2.05) is 0 Å². The van der Waals surface area contributed by atoms with E-state index in [-0.39, 0.29) is 44.6 Å². The molecule has 6 aliphatic rings. The highest BCUT2D eigenvalue weighted by Crippen LogP contribution is 2.66. The van der Waals surface area contributed by atoms with Gasteiger partial charge in [-0.05, 0) is 199 Å². The minimum absolute atomic E-state index is 0.00131. The topological polar surface area (TPSA) is 19.6 Å². The van der Waals surface area contributed by atoms with Gasteiger partial charge in [-0.3, -0.25) is 0 Å². The minimum Gasteiger partial charge on any atom is -0.456 e. The van der Waals surface area contributed by atoms with E-state index in [0.29, 0.717) is 0 Å². The van der Waals surface area contributed by atoms with Crippen LogP contribution in [0.5, 0.6) is 0 Å². The fraction of sp³-hybridized carbons (Fsp3) is 0.397. The van der Waals surface area contributed by atoms with E-state index in [9.17, 15) is 0 Å².